The van der Waals surface area contributed by atoms with Crippen molar-refractivity contribution in [2.24, 2.45) is 0 Å². The van der Waals surface area contributed by atoms with E-state index in [0.29, 0.717) is 24.2 Å². The maximum atomic E-state index is 11.4. The van der Waals surface area contributed by atoms with Gasteiger partial charge in [0.15, 0.2) is 11.5 Å². The van der Waals surface area contributed by atoms with Crippen molar-refractivity contribution in [2.75, 3.05) is 20.3 Å². The Morgan fingerprint density at radius 2 is 2.09 bits per heavy atom. The van der Waals surface area contributed by atoms with Crippen LogP contribution in [0.2, 0.25) is 0 Å². The fourth-order valence-corrected chi connectivity index (χ4v) is 1.53. The number of carbonyl (C=O) groups excluding carboxylic acids is 1. The summed E-state index contributed by atoms with van der Waals surface area (Å²) >= 11 is 0. The summed E-state index contributed by atoms with van der Waals surface area (Å²) in [5.41, 5.74) is 0.672. The minimum atomic E-state index is -0.860. The molecular weight excluding hydrogens is 333 g/mol. The van der Waals surface area contributed by atoms with Gasteiger partial charge in [-0.25, -0.2) is 4.79 Å². The molecule has 9 heteroatoms. The Kier molecular flexibility index (Phi) is 11.7. The second-order valence-corrected chi connectivity index (χ2v) is 4.20. The average Bonchev–Trinajstić information content (AvgIpc) is 2.49. The van der Waals surface area contributed by atoms with Crippen LogP contribution < -0.4 is 56.1 Å². The molecule has 0 aliphatic heterocycles. The third-order valence-corrected chi connectivity index (χ3v) is 2.60. The van der Waals surface area contributed by atoms with Gasteiger partial charge >= 0.3 is 57.4 Å². The molecule has 0 unspecified atom stereocenters. The quantitative estimate of drug-likeness (QED) is 0.153. The number of ether oxygens (including phenoxy) is 2. The molecule has 0 fully saturated rings. The van der Waals surface area contributed by atoms with E-state index >= 15 is 0 Å². The Labute approximate surface area is 177 Å². The van der Waals surface area contributed by atoms with Gasteiger partial charge in [-0.15, -0.1) is 10.1 Å². The fraction of sp³-hybridized carbons (Fsp3) is 0.357. The molecule has 0 bridgehead atoms. The number of nitrogens with zero attached hydrogens (tertiary/aromatic N) is 1. The Morgan fingerprint density at radius 3 is 2.74 bits per heavy atom. The van der Waals surface area contributed by atoms with E-state index in [4.69, 9.17) is 9.47 Å². The van der Waals surface area contributed by atoms with Crippen LogP contribution in [0, 0.1) is 10.1 Å². The van der Waals surface area contributed by atoms with Crippen molar-refractivity contribution >= 4 is 12.0 Å². The molecule has 1 aromatic rings. The van der Waals surface area contributed by atoms with Gasteiger partial charge < -0.3 is 20.8 Å². The van der Waals surface area contributed by atoms with E-state index in [1.165, 1.54) is 25.3 Å². The Hall–Kier alpha value is -1.13. The first kappa shape index (κ1) is 21.9. The zero-order valence-electron chi connectivity index (χ0n) is 14.1. The van der Waals surface area contributed by atoms with Crippen LogP contribution in [0.15, 0.2) is 24.3 Å². The summed E-state index contributed by atoms with van der Waals surface area (Å²) in [5, 5.41) is 18.5. The summed E-state index contributed by atoms with van der Waals surface area (Å²) < 4.78 is 9.87. The number of hydrogen-bond donors (Lipinski definition) is 1. The zero-order chi connectivity index (χ0) is 16.4. The van der Waals surface area contributed by atoms with E-state index in [2.05, 4.69) is 4.84 Å². The number of rotatable bonds is 9. The molecule has 0 aromatic heterocycles. The van der Waals surface area contributed by atoms with Crippen LogP contribution >= 0.6 is 0 Å². The van der Waals surface area contributed by atoms with Gasteiger partial charge in [0, 0.05) is 6.08 Å². The summed E-state index contributed by atoms with van der Waals surface area (Å²) in [7, 11) is 1.43. The fourth-order valence-electron chi connectivity index (χ4n) is 1.53. The third-order valence-electron chi connectivity index (χ3n) is 2.60. The monoisotopic (exact) mass is 351 g/mol. The van der Waals surface area contributed by atoms with Crippen molar-refractivity contribution in [3.05, 3.63) is 40.0 Å². The number of aromatic hydroxyl groups is 1. The second kappa shape index (κ2) is 12.3. The number of esters is 1. The summed E-state index contributed by atoms with van der Waals surface area (Å²) in [6.45, 7) is 0.136. The molecule has 0 amide bonds. The minimum absolute atomic E-state index is 0. The molecule has 1 aromatic carbocycles. The molecule has 0 aliphatic rings. The predicted octanol–water partition coefficient (Wildman–Crippen LogP) is -0.938. The number of phenolic OH excluding ortho intramolecular Hbond substituents is 1. The Morgan fingerprint density at radius 1 is 1.39 bits per heavy atom. The molecule has 0 saturated heterocycles. The van der Waals surface area contributed by atoms with E-state index in [-0.39, 0.29) is 71.8 Å². The minimum Gasteiger partial charge on any atom is -1.00 e. The van der Waals surface area contributed by atoms with E-state index in [0.717, 1.165) is 0 Å². The Bertz CT molecular complexity index is 554. The van der Waals surface area contributed by atoms with E-state index < -0.39 is 11.1 Å². The van der Waals surface area contributed by atoms with E-state index in [1.807, 2.05) is 0 Å². The first-order chi connectivity index (χ1) is 10.5. The van der Waals surface area contributed by atoms with Gasteiger partial charge in [0.05, 0.1) is 20.3 Å². The molecule has 1 rings (SSSR count). The maximum absolute atomic E-state index is 11.4. The van der Waals surface area contributed by atoms with Crippen LogP contribution in [-0.4, -0.2) is 36.5 Å². The van der Waals surface area contributed by atoms with Crippen LogP contribution in [-0.2, 0) is 14.4 Å². The number of methoxy groups -OCH3 is 1. The van der Waals surface area contributed by atoms with Crippen LogP contribution in [0.25, 0.3) is 6.08 Å². The van der Waals surface area contributed by atoms with Crippen molar-refractivity contribution in [1.82, 2.24) is 0 Å². The van der Waals surface area contributed by atoms with Gasteiger partial charge in [-0.2, -0.15) is 0 Å². The van der Waals surface area contributed by atoms with Gasteiger partial charge in [0.2, 0.25) is 0 Å². The molecule has 0 aliphatic carbocycles. The van der Waals surface area contributed by atoms with Crippen molar-refractivity contribution in [1.29, 1.82) is 0 Å². The van der Waals surface area contributed by atoms with Gasteiger partial charge in [0.25, 0.3) is 5.09 Å². The number of benzene rings is 1. The van der Waals surface area contributed by atoms with Crippen molar-refractivity contribution < 1.29 is 82.1 Å². The van der Waals surface area contributed by atoms with Crippen molar-refractivity contribution in [2.45, 2.75) is 12.8 Å². The summed E-state index contributed by atoms with van der Waals surface area (Å²) in [6, 6.07) is 4.66. The smallest absolute Gasteiger partial charge is 1.00 e. The number of hydrogen-bond acceptors (Lipinski definition) is 7. The SMILES string of the molecule is COc1cc(/C=C/C(=O)OCCCCO[N+](=O)[O-])ccc1O.[H-].[K+]. The van der Waals surface area contributed by atoms with Crippen molar-refractivity contribution in [3.8, 4) is 11.5 Å². The largest absolute Gasteiger partial charge is 1.00 e. The standard InChI is InChI=1S/C14H17NO7.K.H/c1-20-13-10-11(4-6-12(13)16)5-7-14(17)21-8-2-3-9-22-15(18)19;;/h4-7,10,16H,2-3,8-9H2,1H3;;/q;+1;-1/b7-5+;;. The average molecular weight is 351 g/mol. The first-order valence-corrected chi connectivity index (χ1v) is 6.52. The maximum Gasteiger partial charge on any atom is 1.00 e. The van der Waals surface area contributed by atoms with Crippen LogP contribution in [0.1, 0.15) is 19.8 Å². The molecule has 0 spiro atoms. The molecule has 0 heterocycles. The molecule has 0 atom stereocenters. The zero-order valence-corrected chi connectivity index (χ0v) is 16.2. The molecule has 1 N–H and O–H groups in total. The molecule has 122 valence electrons. The summed E-state index contributed by atoms with van der Waals surface area (Å²) in [4.78, 5) is 25.5. The Balaban J connectivity index is 0. The van der Waals surface area contributed by atoms with Crippen LogP contribution in [0.4, 0.5) is 0 Å². The first-order valence-electron chi connectivity index (χ1n) is 6.52. The van der Waals surface area contributed by atoms with Crippen LogP contribution in [0.3, 0.4) is 0 Å². The molecular formula is C14H18KNO7. The van der Waals surface area contributed by atoms with Gasteiger partial charge in [-0.3, -0.25) is 0 Å². The molecule has 23 heavy (non-hydrogen) atoms. The molecule has 0 saturated carbocycles. The second-order valence-electron chi connectivity index (χ2n) is 4.20. The predicted molar refractivity (Wildman–Crippen MR) is 77.9 cm³/mol. The topological polar surface area (TPSA) is 108 Å². The van der Waals surface area contributed by atoms with Crippen LogP contribution in [0.5, 0.6) is 11.5 Å². The van der Waals surface area contributed by atoms with Gasteiger partial charge in [-0.05, 0) is 36.6 Å². The normalized spacial score (nSPS) is 9.96. The number of phenols is 1. The van der Waals surface area contributed by atoms with Gasteiger partial charge in [-0.1, -0.05) is 6.07 Å². The van der Waals surface area contributed by atoms with E-state index in [1.54, 1.807) is 12.1 Å². The van der Waals surface area contributed by atoms with E-state index in [9.17, 15) is 20.0 Å². The summed E-state index contributed by atoms with van der Waals surface area (Å²) in [5.74, 6) is -0.206. The molecule has 8 nitrogen and oxygen atoms in total. The van der Waals surface area contributed by atoms with Crippen molar-refractivity contribution in [3.63, 3.8) is 0 Å². The van der Waals surface area contributed by atoms with Gasteiger partial charge in [0.1, 0.15) is 0 Å². The number of unbranched alkanes of at least 4 members (excludes halogenated alkanes) is 1. The third kappa shape index (κ3) is 9.56. The molecule has 0 radical (unpaired) electrons. The number of carbonyl (C=O) groups is 1. The summed E-state index contributed by atoms with van der Waals surface area (Å²) in [6.07, 6.45) is 3.67.